The smallest absolute Gasteiger partial charge is 0.317 e. The van der Waals surface area contributed by atoms with Gasteiger partial charge in [0.1, 0.15) is 5.75 Å². The first-order chi connectivity index (χ1) is 10.1. The molecule has 116 valence electrons. The van der Waals surface area contributed by atoms with Crippen LogP contribution in [0.5, 0.6) is 5.75 Å². The monoisotopic (exact) mass is 308 g/mol. The molecule has 2 amide bonds. The number of carbonyl (C=O) groups excluding carboxylic acids is 1. The Hall–Kier alpha value is -1.36. The molecule has 0 unspecified atom stereocenters. The van der Waals surface area contributed by atoms with E-state index in [4.69, 9.17) is 0 Å². The van der Waals surface area contributed by atoms with E-state index in [0.717, 1.165) is 24.2 Å². The molecule has 0 aliphatic heterocycles. The van der Waals surface area contributed by atoms with Gasteiger partial charge in [0.05, 0.1) is 0 Å². The van der Waals surface area contributed by atoms with Crippen LogP contribution in [0.25, 0.3) is 0 Å². The third-order valence-corrected chi connectivity index (χ3v) is 5.05. The second-order valence-electron chi connectivity index (χ2n) is 5.56. The van der Waals surface area contributed by atoms with Crippen molar-refractivity contribution >= 4 is 17.8 Å². The van der Waals surface area contributed by atoms with Crippen molar-refractivity contribution in [2.75, 3.05) is 12.8 Å². The normalized spacial score (nSPS) is 21.2. The number of thioether (sulfide) groups is 1. The SMILES string of the molecule is CCS[C@H]1CC[C@@H](NC(=O)N(C)Cc2ccc(O)cc2)C1. The summed E-state index contributed by atoms with van der Waals surface area (Å²) in [7, 11) is 1.80. The maximum atomic E-state index is 12.2. The van der Waals surface area contributed by atoms with Gasteiger partial charge in [0.25, 0.3) is 0 Å². The summed E-state index contributed by atoms with van der Waals surface area (Å²) in [6, 6.07) is 7.25. The number of rotatable bonds is 5. The fraction of sp³-hybridized carbons (Fsp3) is 0.562. The van der Waals surface area contributed by atoms with Crippen molar-refractivity contribution in [1.29, 1.82) is 0 Å². The van der Waals surface area contributed by atoms with Crippen LogP contribution in [0.15, 0.2) is 24.3 Å². The fourth-order valence-corrected chi connectivity index (χ4v) is 3.83. The third-order valence-electron chi connectivity index (χ3n) is 3.82. The van der Waals surface area contributed by atoms with Crippen LogP contribution in [0.4, 0.5) is 4.79 Å². The molecule has 2 atom stereocenters. The number of hydrogen-bond donors (Lipinski definition) is 2. The number of phenols is 1. The first-order valence-electron chi connectivity index (χ1n) is 7.49. The van der Waals surface area contributed by atoms with Crippen molar-refractivity contribution < 1.29 is 9.90 Å². The standard InChI is InChI=1S/C16H24N2O2S/c1-3-21-15-9-6-13(10-15)17-16(20)18(2)11-12-4-7-14(19)8-5-12/h4-5,7-8,13,15,19H,3,6,9-11H2,1-2H3,(H,17,20)/t13-,15+/m1/s1. The minimum atomic E-state index is -0.0183. The van der Waals surface area contributed by atoms with E-state index >= 15 is 0 Å². The van der Waals surface area contributed by atoms with Gasteiger partial charge < -0.3 is 15.3 Å². The molecule has 0 radical (unpaired) electrons. The molecule has 4 nitrogen and oxygen atoms in total. The Balaban J connectivity index is 1.79. The predicted octanol–water partition coefficient (Wildman–Crippen LogP) is 3.21. The number of amides is 2. The summed E-state index contributed by atoms with van der Waals surface area (Å²) in [5.74, 6) is 1.39. The number of benzene rings is 1. The highest BCUT2D eigenvalue weighted by Gasteiger charge is 2.26. The molecule has 0 spiro atoms. The van der Waals surface area contributed by atoms with Crippen LogP contribution in [0.3, 0.4) is 0 Å². The van der Waals surface area contributed by atoms with Crippen molar-refractivity contribution in [1.82, 2.24) is 10.2 Å². The Kier molecular flexibility index (Phi) is 5.79. The number of urea groups is 1. The van der Waals surface area contributed by atoms with Crippen molar-refractivity contribution in [3.05, 3.63) is 29.8 Å². The Morgan fingerprint density at radius 2 is 2.10 bits per heavy atom. The lowest BCUT2D eigenvalue weighted by atomic mass is 10.2. The summed E-state index contributed by atoms with van der Waals surface area (Å²) in [5.41, 5.74) is 1.01. The van der Waals surface area contributed by atoms with E-state index in [0.29, 0.717) is 17.8 Å². The van der Waals surface area contributed by atoms with Crippen molar-refractivity contribution in [2.24, 2.45) is 0 Å². The molecule has 2 rings (SSSR count). The molecule has 0 saturated heterocycles. The zero-order valence-electron chi connectivity index (χ0n) is 12.7. The van der Waals surface area contributed by atoms with E-state index < -0.39 is 0 Å². The van der Waals surface area contributed by atoms with E-state index in [-0.39, 0.29) is 11.8 Å². The van der Waals surface area contributed by atoms with Crippen LogP contribution in [0, 0.1) is 0 Å². The Morgan fingerprint density at radius 3 is 2.76 bits per heavy atom. The molecule has 5 heteroatoms. The lowest BCUT2D eigenvalue weighted by molar-refractivity contribution is 0.203. The molecule has 0 bridgehead atoms. The maximum absolute atomic E-state index is 12.2. The van der Waals surface area contributed by atoms with Gasteiger partial charge in [0, 0.05) is 24.9 Å². The van der Waals surface area contributed by atoms with Gasteiger partial charge in [-0.3, -0.25) is 0 Å². The zero-order valence-corrected chi connectivity index (χ0v) is 13.5. The molecule has 1 fully saturated rings. The van der Waals surface area contributed by atoms with Crippen LogP contribution >= 0.6 is 11.8 Å². The average Bonchev–Trinajstić information content (AvgIpc) is 2.89. The van der Waals surface area contributed by atoms with Crippen LogP contribution in [-0.2, 0) is 6.54 Å². The van der Waals surface area contributed by atoms with Crippen LogP contribution in [0.1, 0.15) is 31.7 Å². The highest BCUT2D eigenvalue weighted by atomic mass is 32.2. The van der Waals surface area contributed by atoms with Gasteiger partial charge in [-0.2, -0.15) is 11.8 Å². The van der Waals surface area contributed by atoms with E-state index in [9.17, 15) is 9.90 Å². The molecule has 21 heavy (non-hydrogen) atoms. The van der Waals surface area contributed by atoms with Crippen LogP contribution < -0.4 is 5.32 Å². The van der Waals surface area contributed by atoms with Gasteiger partial charge in [-0.1, -0.05) is 19.1 Å². The number of hydrogen-bond acceptors (Lipinski definition) is 3. The van der Waals surface area contributed by atoms with E-state index in [1.807, 2.05) is 23.9 Å². The first-order valence-corrected chi connectivity index (χ1v) is 8.54. The Bertz CT molecular complexity index is 464. The van der Waals surface area contributed by atoms with E-state index in [1.54, 1.807) is 24.1 Å². The summed E-state index contributed by atoms with van der Waals surface area (Å²) in [6.45, 7) is 2.73. The summed E-state index contributed by atoms with van der Waals surface area (Å²) in [5, 5.41) is 13.1. The average molecular weight is 308 g/mol. The lowest BCUT2D eigenvalue weighted by Crippen LogP contribution is -2.41. The molecule has 2 N–H and O–H groups in total. The largest absolute Gasteiger partial charge is 0.508 e. The number of nitrogens with zero attached hydrogens (tertiary/aromatic N) is 1. The quantitative estimate of drug-likeness (QED) is 0.878. The fourth-order valence-electron chi connectivity index (χ4n) is 2.69. The van der Waals surface area contributed by atoms with Gasteiger partial charge >= 0.3 is 6.03 Å². The minimum absolute atomic E-state index is 0.0183. The van der Waals surface area contributed by atoms with Gasteiger partial charge in [0.2, 0.25) is 0 Å². The highest BCUT2D eigenvalue weighted by Crippen LogP contribution is 2.29. The number of nitrogens with one attached hydrogen (secondary N) is 1. The summed E-state index contributed by atoms with van der Waals surface area (Å²) in [6.07, 6.45) is 3.36. The molecule has 1 aliphatic carbocycles. The summed E-state index contributed by atoms with van der Waals surface area (Å²) >= 11 is 1.99. The second-order valence-corrected chi connectivity index (χ2v) is 7.14. The Labute approximate surface area is 130 Å². The minimum Gasteiger partial charge on any atom is -0.508 e. The molecular formula is C16H24N2O2S. The van der Waals surface area contributed by atoms with Gasteiger partial charge in [-0.05, 0) is 42.7 Å². The van der Waals surface area contributed by atoms with Crippen molar-refractivity contribution in [2.45, 2.75) is 44.0 Å². The van der Waals surface area contributed by atoms with Gasteiger partial charge in [-0.15, -0.1) is 0 Å². The van der Waals surface area contributed by atoms with Crippen LogP contribution in [0.2, 0.25) is 0 Å². The number of phenolic OH excluding ortho intramolecular Hbond substituents is 1. The first kappa shape index (κ1) is 16.0. The van der Waals surface area contributed by atoms with Gasteiger partial charge in [0.15, 0.2) is 0 Å². The van der Waals surface area contributed by atoms with E-state index in [1.165, 1.54) is 6.42 Å². The van der Waals surface area contributed by atoms with Crippen molar-refractivity contribution in [3.8, 4) is 5.75 Å². The summed E-state index contributed by atoms with van der Waals surface area (Å²) < 4.78 is 0. The highest BCUT2D eigenvalue weighted by molar-refractivity contribution is 7.99. The predicted molar refractivity (Wildman–Crippen MR) is 87.7 cm³/mol. The van der Waals surface area contributed by atoms with Gasteiger partial charge in [-0.25, -0.2) is 4.79 Å². The molecular weight excluding hydrogens is 284 g/mol. The molecule has 0 heterocycles. The maximum Gasteiger partial charge on any atom is 0.317 e. The lowest BCUT2D eigenvalue weighted by Gasteiger charge is -2.21. The second kappa shape index (κ2) is 7.59. The van der Waals surface area contributed by atoms with Crippen LogP contribution in [-0.4, -0.2) is 40.1 Å². The molecule has 0 aromatic heterocycles. The molecule has 1 aromatic carbocycles. The molecule has 1 aliphatic rings. The molecule has 1 aromatic rings. The van der Waals surface area contributed by atoms with E-state index in [2.05, 4.69) is 12.2 Å². The third kappa shape index (κ3) is 4.84. The zero-order chi connectivity index (χ0) is 15.2. The topological polar surface area (TPSA) is 52.6 Å². The number of aromatic hydroxyl groups is 1. The molecule has 1 saturated carbocycles. The number of carbonyl (C=O) groups is 1. The Morgan fingerprint density at radius 1 is 1.38 bits per heavy atom. The van der Waals surface area contributed by atoms with Crippen molar-refractivity contribution in [3.63, 3.8) is 0 Å². The summed E-state index contributed by atoms with van der Waals surface area (Å²) in [4.78, 5) is 13.9.